The molecule has 0 aliphatic carbocycles. The van der Waals surface area contributed by atoms with Gasteiger partial charge in [-0.2, -0.15) is 0 Å². The van der Waals surface area contributed by atoms with Gasteiger partial charge in [0, 0.05) is 38.2 Å². The van der Waals surface area contributed by atoms with Crippen LogP contribution in [0.3, 0.4) is 0 Å². The third-order valence-electron chi connectivity index (χ3n) is 4.82. The van der Waals surface area contributed by atoms with E-state index in [1.54, 1.807) is 13.2 Å². The average Bonchev–Trinajstić information content (AvgIpc) is 3.17. The molecule has 1 amide bonds. The summed E-state index contributed by atoms with van der Waals surface area (Å²) in [5.41, 5.74) is 2.38. The van der Waals surface area contributed by atoms with E-state index in [-0.39, 0.29) is 11.9 Å². The molecule has 1 N–H and O–H groups in total. The Kier molecular flexibility index (Phi) is 5.05. The highest BCUT2D eigenvalue weighted by atomic mass is 16.3. The number of hydrogen-bond acceptors (Lipinski definition) is 3. The van der Waals surface area contributed by atoms with Gasteiger partial charge in [0.25, 0.3) is 0 Å². The number of rotatable bonds is 5. The van der Waals surface area contributed by atoms with Crippen molar-refractivity contribution >= 4 is 5.91 Å². The molecule has 1 aromatic carbocycles. The van der Waals surface area contributed by atoms with Crippen molar-refractivity contribution in [1.82, 2.24) is 10.2 Å². The number of amides is 1. The Morgan fingerprint density at radius 2 is 2.12 bits per heavy atom. The SMILES string of the molecule is CC(=O)N[C@@H]1CN(Cc2cccc(-c3ccco3)c2)C[C@H]1C(C)C. The number of nitrogens with one attached hydrogen (secondary N) is 1. The van der Waals surface area contributed by atoms with Crippen molar-refractivity contribution in [3.63, 3.8) is 0 Å². The van der Waals surface area contributed by atoms with Crippen molar-refractivity contribution < 1.29 is 9.21 Å². The highest BCUT2D eigenvalue weighted by Gasteiger charge is 2.34. The van der Waals surface area contributed by atoms with Crippen molar-refractivity contribution in [2.75, 3.05) is 13.1 Å². The van der Waals surface area contributed by atoms with Crippen LogP contribution in [-0.4, -0.2) is 29.9 Å². The third kappa shape index (κ3) is 3.88. The molecule has 1 aliphatic heterocycles. The zero-order valence-corrected chi connectivity index (χ0v) is 14.7. The molecule has 1 aliphatic rings. The van der Waals surface area contributed by atoms with E-state index < -0.39 is 0 Å². The molecule has 0 unspecified atom stereocenters. The standard InChI is InChI=1S/C20H26N2O2/c1-14(2)18-12-22(13-19(18)21-15(3)23)11-16-6-4-7-17(10-16)20-8-5-9-24-20/h4-10,14,18-19H,11-13H2,1-3H3,(H,21,23)/t18-,19+/m0/s1. The molecule has 24 heavy (non-hydrogen) atoms. The van der Waals surface area contributed by atoms with Gasteiger partial charge in [-0.3, -0.25) is 9.69 Å². The van der Waals surface area contributed by atoms with Gasteiger partial charge < -0.3 is 9.73 Å². The van der Waals surface area contributed by atoms with Crippen LogP contribution >= 0.6 is 0 Å². The first-order valence-electron chi connectivity index (χ1n) is 8.65. The molecule has 0 radical (unpaired) electrons. The number of carbonyl (C=O) groups is 1. The number of likely N-dealkylation sites (tertiary alicyclic amines) is 1. The second-order valence-electron chi connectivity index (χ2n) is 7.09. The Morgan fingerprint density at radius 3 is 2.79 bits per heavy atom. The molecule has 2 heterocycles. The average molecular weight is 326 g/mol. The van der Waals surface area contributed by atoms with E-state index in [2.05, 4.69) is 48.3 Å². The van der Waals surface area contributed by atoms with Gasteiger partial charge in [0.1, 0.15) is 5.76 Å². The second kappa shape index (κ2) is 7.22. The summed E-state index contributed by atoms with van der Waals surface area (Å²) in [6.45, 7) is 8.91. The minimum Gasteiger partial charge on any atom is -0.464 e. The molecular formula is C20H26N2O2. The highest BCUT2D eigenvalue weighted by molar-refractivity contribution is 5.73. The molecular weight excluding hydrogens is 300 g/mol. The van der Waals surface area contributed by atoms with E-state index in [1.807, 2.05) is 12.1 Å². The molecule has 2 atom stereocenters. The normalized spacial score (nSPS) is 21.3. The first-order chi connectivity index (χ1) is 11.5. The van der Waals surface area contributed by atoms with E-state index in [1.165, 1.54) is 5.56 Å². The number of hydrogen-bond donors (Lipinski definition) is 1. The van der Waals surface area contributed by atoms with Crippen LogP contribution in [-0.2, 0) is 11.3 Å². The molecule has 3 rings (SSSR count). The second-order valence-corrected chi connectivity index (χ2v) is 7.09. The van der Waals surface area contributed by atoms with Crippen molar-refractivity contribution in [3.8, 4) is 11.3 Å². The lowest BCUT2D eigenvalue weighted by Gasteiger charge is -2.22. The molecule has 2 aromatic rings. The van der Waals surface area contributed by atoms with Crippen molar-refractivity contribution in [2.45, 2.75) is 33.4 Å². The summed E-state index contributed by atoms with van der Waals surface area (Å²) in [5, 5.41) is 3.13. The molecule has 128 valence electrons. The quantitative estimate of drug-likeness (QED) is 0.914. The maximum absolute atomic E-state index is 11.5. The Hall–Kier alpha value is -2.07. The molecule has 4 heteroatoms. The number of carbonyl (C=O) groups excluding carboxylic acids is 1. The summed E-state index contributed by atoms with van der Waals surface area (Å²) >= 11 is 0. The Morgan fingerprint density at radius 1 is 1.29 bits per heavy atom. The van der Waals surface area contributed by atoms with Crippen LogP contribution in [0, 0.1) is 11.8 Å². The van der Waals surface area contributed by atoms with Crippen LogP contribution in [0.15, 0.2) is 47.1 Å². The van der Waals surface area contributed by atoms with Gasteiger partial charge in [-0.1, -0.05) is 32.0 Å². The maximum Gasteiger partial charge on any atom is 0.217 e. The van der Waals surface area contributed by atoms with Crippen LogP contribution in [0.4, 0.5) is 0 Å². The molecule has 1 saturated heterocycles. The van der Waals surface area contributed by atoms with Gasteiger partial charge in [-0.25, -0.2) is 0 Å². The number of nitrogens with zero attached hydrogens (tertiary/aromatic N) is 1. The lowest BCUT2D eigenvalue weighted by Crippen LogP contribution is -2.40. The maximum atomic E-state index is 11.5. The minimum atomic E-state index is 0.0623. The van der Waals surface area contributed by atoms with Crippen LogP contribution in [0.1, 0.15) is 26.3 Å². The molecule has 4 nitrogen and oxygen atoms in total. The zero-order valence-electron chi connectivity index (χ0n) is 14.7. The van der Waals surface area contributed by atoms with Gasteiger partial charge in [-0.05, 0) is 35.6 Å². The first kappa shape index (κ1) is 16.8. The van der Waals surface area contributed by atoms with Crippen LogP contribution in [0.25, 0.3) is 11.3 Å². The van der Waals surface area contributed by atoms with Crippen molar-refractivity contribution in [3.05, 3.63) is 48.2 Å². The smallest absolute Gasteiger partial charge is 0.217 e. The molecule has 0 spiro atoms. The Bertz CT molecular complexity index is 679. The van der Waals surface area contributed by atoms with Crippen molar-refractivity contribution in [1.29, 1.82) is 0 Å². The number of benzene rings is 1. The molecule has 1 fully saturated rings. The molecule has 0 saturated carbocycles. The molecule has 1 aromatic heterocycles. The fourth-order valence-electron chi connectivity index (χ4n) is 3.66. The Labute approximate surface area is 143 Å². The zero-order chi connectivity index (χ0) is 17.1. The summed E-state index contributed by atoms with van der Waals surface area (Å²) in [6, 6.07) is 12.6. The summed E-state index contributed by atoms with van der Waals surface area (Å²) in [5.74, 6) is 2.02. The fraction of sp³-hybridized carbons (Fsp3) is 0.450. The highest BCUT2D eigenvalue weighted by Crippen LogP contribution is 2.27. The van der Waals surface area contributed by atoms with Gasteiger partial charge in [-0.15, -0.1) is 0 Å². The lowest BCUT2D eigenvalue weighted by atomic mass is 9.91. The van der Waals surface area contributed by atoms with Crippen molar-refractivity contribution in [2.24, 2.45) is 11.8 Å². The largest absolute Gasteiger partial charge is 0.464 e. The van der Waals surface area contributed by atoms with E-state index >= 15 is 0 Å². The van der Waals surface area contributed by atoms with Gasteiger partial charge in [0.15, 0.2) is 0 Å². The van der Waals surface area contributed by atoms with E-state index in [0.29, 0.717) is 11.8 Å². The van der Waals surface area contributed by atoms with Gasteiger partial charge >= 0.3 is 0 Å². The third-order valence-corrected chi connectivity index (χ3v) is 4.82. The molecule has 0 bridgehead atoms. The number of furan rings is 1. The van der Waals surface area contributed by atoms with E-state index in [9.17, 15) is 4.79 Å². The predicted octanol–water partition coefficient (Wildman–Crippen LogP) is 3.54. The minimum absolute atomic E-state index is 0.0623. The van der Waals surface area contributed by atoms with Gasteiger partial charge in [0.05, 0.1) is 6.26 Å². The monoisotopic (exact) mass is 326 g/mol. The summed E-state index contributed by atoms with van der Waals surface area (Å²) in [6.07, 6.45) is 1.70. The first-order valence-corrected chi connectivity index (χ1v) is 8.65. The lowest BCUT2D eigenvalue weighted by molar-refractivity contribution is -0.119. The summed E-state index contributed by atoms with van der Waals surface area (Å²) in [7, 11) is 0. The van der Waals surface area contributed by atoms with Crippen LogP contribution in [0.5, 0.6) is 0 Å². The predicted molar refractivity (Wildman–Crippen MR) is 95.4 cm³/mol. The van der Waals surface area contributed by atoms with Crippen LogP contribution in [0.2, 0.25) is 0 Å². The van der Waals surface area contributed by atoms with Gasteiger partial charge in [0.2, 0.25) is 5.91 Å². The summed E-state index contributed by atoms with van der Waals surface area (Å²) in [4.78, 5) is 13.9. The van der Waals surface area contributed by atoms with E-state index in [4.69, 9.17) is 4.42 Å². The summed E-state index contributed by atoms with van der Waals surface area (Å²) < 4.78 is 5.49. The Balaban J connectivity index is 1.70. The topological polar surface area (TPSA) is 45.5 Å². The van der Waals surface area contributed by atoms with E-state index in [0.717, 1.165) is 31.0 Å². The fourth-order valence-corrected chi connectivity index (χ4v) is 3.66. The van der Waals surface area contributed by atoms with Crippen LogP contribution < -0.4 is 5.32 Å².